The molecule has 1 saturated heterocycles. The molecule has 1 fully saturated rings. The Labute approximate surface area is 146 Å². The van der Waals surface area contributed by atoms with Crippen molar-refractivity contribution in [2.24, 2.45) is 11.8 Å². The number of hydrogen-bond acceptors (Lipinski definition) is 3. The lowest BCUT2D eigenvalue weighted by Gasteiger charge is -2.34. The summed E-state index contributed by atoms with van der Waals surface area (Å²) in [6.07, 6.45) is 4.17. The normalized spacial score (nSPS) is 20.3. The molecule has 1 aliphatic rings. The molecule has 0 saturated carbocycles. The molecule has 1 aromatic carbocycles. The van der Waals surface area contributed by atoms with Gasteiger partial charge in [0.15, 0.2) is 0 Å². The molecule has 0 spiro atoms. The largest absolute Gasteiger partial charge is 0.481 e. The molecule has 0 radical (unpaired) electrons. The van der Waals surface area contributed by atoms with Crippen molar-refractivity contribution >= 4 is 12.0 Å². The minimum atomic E-state index is -0.839. The van der Waals surface area contributed by atoms with Gasteiger partial charge in [0.25, 0.3) is 0 Å². The Morgan fingerprint density at radius 3 is 2.80 bits per heavy atom. The van der Waals surface area contributed by atoms with Crippen LogP contribution in [0.4, 0.5) is 4.79 Å². The van der Waals surface area contributed by atoms with Gasteiger partial charge < -0.3 is 15.3 Å². The van der Waals surface area contributed by atoms with E-state index in [0.717, 1.165) is 11.3 Å². The van der Waals surface area contributed by atoms with Crippen LogP contribution in [0.25, 0.3) is 5.69 Å². The number of amides is 2. The molecular formula is C18H22N4O3. The van der Waals surface area contributed by atoms with Gasteiger partial charge in [0.2, 0.25) is 0 Å². The number of carboxylic acid groups (broad SMARTS) is 1. The number of carbonyl (C=O) groups is 2. The Hall–Kier alpha value is -2.83. The first-order chi connectivity index (χ1) is 12.0. The Balaban J connectivity index is 1.66. The number of hydrogen-bond donors (Lipinski definition) is 2. The highest BCUT2D eigenvalue weighted by Crippen LogP contribution is 2.22. The van der Waals surface area contributed by atoms with Crippen molar-refractivity contribution < 1.29 is 14.7 Å². The van der Waals surface area contributed by atoms with Crippen molar-refractivity contribution in [3.05, 3.63) is 48.3 Å². The molecule has 0 aliphatic carbocycles. The van der Waals surface area contributed by atoms with Gasteiger partial charge in [-0.1, -0.05) is 25.1 Å². The van der Waals surface area contributed by atoms with E-state index in [1.54, 1.807) is 15.8 Å². The fraction of sp³-hybridized carbons (Fsp3) is 0.389. The first kappa shape index (κ1) is 17.0. The quantitative estimate of drug-likeness (QED) is 0.891. The molecular weight excluding hydrogens is 320 g/mol. The number of nitrogens with zero attached hydrogens (tertiary/aromatic N) is 3. The average molecular weight is 342 g/mol. The number of likely N-dealkylation sites (tertiary alicyclic amines) is 1. The maximum Gasteiger partial charge on any atom is 0.317 e. The molecule has 7 heteroatoms. The average Bonchev–Trinajstić information content (AvgIpc) is 3.13. The highest BCUT2D eigenvalue weighted by atomic mass is 16.4. The van der Waals surface area contributed by atoms with Crippen LogP contribution >= 0.6 is 0 Å². The number of rotatable bonds is 4. The van der Waals surface area contributed by atoms with E-state index in [-0.39, 0.29) is 18.5 Å². The third kappa shape index (κ3) is 3.99. The van der Waals surface area contributed by atoms with Crippen LogP contribution in [-0.4, -0.2) is 44.9 Å². The zero-order valence-electron chi connectivity index (χ0n) is 14.1. The molecule has 2 heterocycles. The first-order valence-electron chi connectivity index (χ1n) is 8.38. The maximum atomic E-state index is 12.5. The van der Waals surface area contributed by atoms with Gasteiger partial charge in [0, 0.05) is 32.0 Å². The molecule has 2 unspecified atom stereocenters. The van der Waals surface area contributed by atoms with Crippen molar-refractivity contribution in [2.75, 3.05) is 13.1 Å². The van der Waals surface area contributed by atoms with Crippen LogP contribution in [0.1, 0.15) is 18.9 Å². The number of aliphatic carboxylic acids is 1. The predicted octanol–water partition coefficient (Wildman–Crippen LogP) is 2.12. The lowest BCUT2D eigenvalue weighted by Crippen LogP contribution is -2.49. The summed E-state index contributed by atoms with van der Waals surface area (Å²) >= 11 is 0. The molecule has 132 valence electrons. The number of carbonyl (C=O) groups excluding carboxylic acids is 1. The molecule has 2 N–H and O–H groups in total. The van der Waals surface area contributed by atoms with Crippen molar-refractivity contribution in [1.29, 1.82) is 0 Å². The van der Waals surface area contributed by atoms with Gasteiger partial charge in [-0.3, -0.25) is 4.79 Å². The minimum absolute atomic E-state index is 0.178. The predicted molar refractivity (Wildman–Crippen MR) is 92.3 cm³/mol. The summed E-state index contributed by atoms with van der Waals surface area (Å²) in [7, 11) is 0. The van der Waals surface area contributed by atoms with E-state index >= 15 is 0 Å². The fourth-order valence-electron chi connectivity index (χ4n) is 3.27. The van der Waals surface area contributed by atoms with Crippen molar-refractivity contribution in [2.45, 2.75) is 19.9 Å². The standard InChI is InChI=1S/C18H22N4O3/c1-13-9-15(17(23)24)12-21(11-13)18(25)19-10-14-5-2-3-6-16(14)22-8-4-7-20-22/h2-8,13,15H,9-12H2,1H3,(H,19,25)(H,23,24). The number of aromatic nitrogens is 2. The van der Waals surface area contributed by atoms with Crippen LogP contribution < -0.4 is 5.32 Å². The van der Waals surface area contributed by atoms with E-state index in [2.05, 4.69) is 10.4 Å². The molecule has 2 aromatic rings. The van der Waals surface area contributed by atoms with Crippen LogP contribution in [0.5, 0.6) is 0 Å². The molecule has 2 atom stereocenters. The van der Waals surface area contributed by atoms with E-state index in [4.69, 9.17) is 0 Å². The van der Waals surface area contributed by atoms with Gasteiger partial charge in [-0.2, -0.15) is 5.10 Å². The van der Waals surface area contributed by atoms with Gasteiger partial charge in [-0.15, -0.1) is 0 Å². The number of benzene rings is 1. The second-order valence-electron chi connectivity index (χ2n) is 6.52. The number of piperidine rings is 1. The van der Waals surface area contributed by atoms with Crippen LogP contribution in [0.2, 0.25) is 0 Å². The zero-order valence-corrected chi connectivity index (χ0v) is 14.1. The Morgan fingerprint density at radius 1 is 1.28 bits per heavy atom. The zero-order chi connectivity index (χ0) is 17.8. The number of nitrogens with one attached hydrogen (secondary N) is 1. The molecule has 2 amide bonds. The topological polar surface area (TPSA) is 87.5 Å². The summed E-state index contributed by atoms with van der Waals surface area (Å²) in [4.78, 5) is 25.3. The molecule has 3 rings (SSSR count). The Bertz CT molecular complexity index is 745. The van der Waals surface area contributed by atoms with E-state index in [0.29, 0.717) is 19.5 Å². The Kier molecular flexibility index (Phi) is 5.02. The number of urea groups is 1. The summed E-state index contributed by atoms with van der Waals surface area (Å²) in [6.45, 7) is 3.17. The summed E-state index contributed by atoms with van der Waals surface area (Å²) in [5, 5.41) is 16.4. The third-order valence-electron chi connectivity index (χ3n) is 4.47. The maximum absolute atomic E-state index is 12.5. The van der Waals surface area contributed by atoms with Crippen LogP contribution in [0.15, 0.2) is 42.7 Å². The van der Waals surface area contributed by atoms with E-state index < -0.39 is 11.9 Å². The van der Waals surface area contributed by atoms with Gasteiger partial charge in [0.1, 0.15) is 0 Å². The van der Waals surface area contributed by atoms with E-state index in [9.17, 15) is 14.7 Å². The number of para-hydroxylation sites is 1. The summed E-state index contributed by atoms with van der Waals surface area (Å²) in [6, 6.07) is 9.34. The SMILES string of the molecule is CC1CC(C(=O)O)CN(C(=O)NCc2ccccc2-n2cccn2)C1. The van der Waals surface area contributed by atoms with Gasteiger partial charge in [-0.05, 0) is 30.0 Å². The highest BCUT2D eigenvalue weighted by molar-refractivity contribution is 5.76. The van der Waals surface area contributed by atoms with E-state index in [1.165, 1.54) is 0 Å². The van der Waals surface area contributed by atoms with Crippen molar-refractivity contribution in [3.63, 3.8) is 0 Å². The third-order valence-corrected chi connectivity index (χ3v) is 4.47. The minimum Gasteiger partial charge on any atom is -0.481 e. The molecule has 7 nitrogen and oxygen atoms in total. The van der Waals surface area contributed by atoms with Gasteiger partial charge in [-0.25, -0.2) is 9.48 Å². The molecule has 25 heavy (non-hydrogen) atoms. The lowest BCUT2D eigenvalue weighted by atomic mass is 9.91. The number of carboxylic acids is 1. The second-order valence-corrected chi connectivity index (χ2v) is 6.52. The highest BCUT2D eigenvalue weighted by Gasteiger charge is 2.31. The van der Waals surface area contributed by atoms with Crippen LogP contribution in [0.3, 0.4) is 0 Å². The smallest absolute Gasteiger partial charge is 0.317 e. The molecule has 0 bridgehead atoms. The molecule has 1 aromatic heterocycles. The van der Waals surface area contributed by atoms with Crippen molar-refractivity contribution in [3.8, 4) is 5.69 Å². The lowest BCUT2D eigenvalue weighted by molar-refractivity contribution is -0.143. The summed E-state index contributed by atoms with van der Waals surface area (Å²) in [5.74, 6) is -1.16. The van der Waals surface area contributed by atoms with E-state index in [1.807, 2.05) is 43.5 Å². The van der Waals surface area contributed by atoms with Crippen molar-refractivity contribution in [1.82, 2.24) is 20.0 Å². The van der Waals surface area contributed by atoms with Crippen LogP contribution in [-0.2, 0) is 11.3 Å². The monoisotopic (exact) mass is 342 g/mol. The second kappa shape index (κ2) is 7.38. The van der Waals surface area contributed by atoms with Gasteiger partial charge >= 0.3 is 12.0 Å². The summed E-state index contributed by atoms with van der Waals surface area (Å²) < 4.78 is 1.75. The fourth-order valence-corrected chi connectivity index (χ4v) is 3.27. The Morgan fingerprint density at radius 2 is 2.08 bits per heavy atom. The first-order valence-corrected chi connectivity index (χ1v) is 8.38. The summed E-state index contributed by atoms with van der Waals surface area (Å²) in [5.41, 5.74) is 1.85. The van der Waals surface area contributed by atoms with Gasteiger partial charge in [0.05, 0.1) is 11.6 Å². The molecule has 1 aliphatic heterocycles. The van der Waals surface area contributed by atoms with Crippen LogP contribution in [0, 0.1) is 11.8 Å².